The van der Waals surface area contributed by atoms with E-state index in [0.29, 0.717) is 12.3 Å². The molecule has 3 rings (SSSR count). The first-order chi connectivity index (χ1) is 13.4. The van der Waals surface area contributed by atoms with Gasteiger partial charge in [0.2, 0.25) is 5.91 Å². The van der Waals surface area contributed by atoms with E-state index in [-0.39, 0.29) is 5.91 Å². The number of hydrogen-bond acceptors (Lipinski definition) is 5. The number of nitrogens with one attached hydrogen (secondary N) is 1. The van der Waals surface area contributed by atoms with Crippen LogP contribution in [0.3, 0.4) is 0 Å². The number of rotatable bonds is 8. The number of carbonyl (C=O) groups excluding carboxylic acids is 1. The average Bonchev–Trinajstić information content (AvgIpc) is 3.15. The van der Waals surface area contributed by atoms with Crippen LogP contribution in [-0.4, -0.2) is 26.6 Å². The highest BCUT2D eigenvalue weighted by Gasteiger charge is 2.10. The van der Waals surface area contributed by atoms with E-state index in [2.05, 4.69) is 40.7 Å². The van der Waals surface area contributed by atoms with Crippen LogP contribution in [0.4, 0.5) is 0 Å². The summed E-state index contributed by atoms with van der Waals surface area (Å²) in [5.41, 5.74) is 6.40. The zero-order valence-electron chi connectivity index (χ0n) is 16.8. The van der Waals surface area contributed by atoms with Crippen molar-refractivity contribution in [2.75, 3.05) is 5.75 Å². The van der Waals surface area contributed by atoms with Gasteiger partial charge in [0, 0.05) is 23.6 Å². The Hall–Kier alpha value is -2.54. The maximum absolute atomic E-state index is 12.2. The van der Waals surface area contributed by atoms with Gasteiger partial charge in [0.1, 0.15) is 5.76 Å². The largest absolute Gasteiger partial charge is 0.361 e. The van der Waals surface area contributed by atoms with Gasteiger partial charge >= 0.3 is 0 Å². The monoisotopic (exact) mass is 398 g/mol. The summed E-state index contributed by atoms with van der Waals surface area (Å²) in [5, 5.41) is 11.4. The number of hydrogen-bond donors (Lipinski definition) is 1. The topological polar surface area (TPSA) is 73.0 Å². The lowest BCUT2D eigenvalue weighted by atomic mass is 10.1. The molecule has 0 spiro atoms. The second kappa shape index (κ2) is 9.10. The number of aromatic nitrogens is 3. The van der Waals surface area contributed by atoms with Crippen molar-refractivity contribution in [2.24, 2.45) is 0 Å². The van der Waals surface area contributed by atoms with Gasteiger partial charge in [0.05, 0.1) is 23.7 Å². The SMILES string of the molecule is Cc1cc(C)n(Cc2cccc(CNC(=O)CSCc3c(C)noc3C)c2)n1. The first-order valence-electron chi connectivity index (χ1n) is 9.27. The van der Waals surface area contributed by atoms with Gasteiger partial charge in [-0.1, -0.05) is 29.4 Å². The zero-order valence-corrected chi connectivity index (χ0v) is 17.6. The third-order valence-electron chi connectivity index (χ3n) is 4.58. The van der Waals surface area contributed by atoms with Crippen molar-refractivity contribution in [3.05, 3.63) is 69.9 Å². The van der Waals surface area contributed by atoms with Crippen LogP contribution in [0.15, 0.2) is 34.9 Å². The van der Waals surface area contributed by atoms with Gasteiger partial charge < -0.3 is 9.84 Å². The van der Waals surface area contributed by atoms with Crippen LogP contribution < -0.4 is 5.32 Å². The molecule has 1 N–H and O–H groups in total. The van der Waals surface area contributed by atoms with Gasteiger partial charge in [-0.2, -0.15) is 5.10 Å². The van der Waals surface area contributed by atoms with E-state index in [1.165, 1.54) is 5.56 Å². The minimum atomic E-state index is 0.0284. The van der Waals surface area contributed by atoms with E-state index >= 15 is 0 Å². The molecule has 0 aliphatic rings. The van der Waals surface area contributed by atoms with Crippen LogP contribution in [0.1, 0.15) is 39.5 Å². The molecule has 3 aromatic rings. The van der Waals surface area contributed by atoms with Gasteiger partial charge in [-0.15, -0.1) is 11.8 Å². The average molecular weight is 399 g/mol. The third-order valence-corrected chi connectivity index (χ3v) is 5.54. The molecule has 0 atom stereocenters. The minimum absolute atomic E-state index is 0.0284. The fourth-order valence-corrected chi connectivity index (χ4v) is 4.06. The van der Waals surface area contributed by atoms with Crippen molar-refractivity contribution in [2.45, 2.75) is 46.5 Å². The molecular formula is C21H26N4O2S. The van der Waals surface area contributed by atoms with Crippen LogP contribution in [0.5, 0.6) is 0 Å². The highest BCUT2D eigenvalue weighted by molar-refractivity contribution is 7.99. The maximum Gasteiger partial charge on any atom is 0.230 e. The van der Waals surface area contributed by atoms with Crippen LogP contribution in [-0.2, 0) is 23.6 Å². The van der Waals surface area contributed by atoms with Gasteiger partial charge in [-0.3, -0.25) is 9.48 Å². The molecule has 2 aromatic heterocycles. The number of carbonyl (C=O) groups is 1. The molecule has 0 saturated heterocycles. The van der Waals surface area contributed by atoms with Gasteiger partial charge in [-0.05, 0) is 44.9 Å². The predicted molar refractivity (Wildman–Crippen MR) is 111 cm³/mol. The summed E-state index contributed by atoms with van der Waals surface area (Å²) in [6, 6.07) is 10.3. The van der Waals surface area contributed by atoms with Gasteiger partial charge in [0.25, 0.3) is 0 Å². The Morgan fingerprint density at radius 3 is 2.64 bits per heavy atom. The number of benzene rings is 1. The first kappa shape index (κ1) is 20.2. The maximum atomic E-state index is 12.2. The van der Waals surface area contributed by atoms with Crippen LogP contribution in [0.2, 0.25) is 0 Å². The highest BCUT2D eigenvalue weighted by atomic mass is 32.2. The van der Waals surface area contributed by atoms with E-state index in [0.717, 1.165) is 46.3 Å². The third kappa shape index (κ3) is 5.25. The molecule has 28 heavy (non-hydrogen) atoms. The number of amides is 1. The first-order valence-corrected chi connectivity index (χ1v) is 10.4. The molecule has 0 fully saturated rings. The van der Waals surface area contributed by atoms with E-state index in [1.54, 1.807) is 11.8 Å². The van der Waals surface area contributed by atoms with E-state index in [1.807, 2.05) is 37.6 Å². The molecule has 0 bridgehead atoms. The Morgan fingerprint density at radius 1 is 1.18 bits per heavy atom. The Balaban J connectivity index is 1.47. The molecule has 1 amide bonds. The molecule has 7 heteroatoms. The summed E-state index contributed by atoms with van der Waals surface area (Å²) in [5.74, 6) is 1.99. The van der Waals surface area contributed by atoms with Crippen molar-refractivity contribution in [1.29, 1.82) is 0 Å². The summed E-state index contributed by atoms with van der Waals surface area (Å²) in [7, 11) is 0. The quantitative estimate of drug-likeness (QED) is 0.626. The fraction of sp³-hybridized carbons (Fsp3) is 0.381. The summed E-state index contributed by atoms with van der Waals surface area (Å²) in [4.78, 5) is 12.2. The fourth-order valence-electron chi connectivity index (χ4n) is 3.05. The summed E-state index contributed by atoms with van der Waals surface area (Å²) >= 11 is 1.57. The van der Waals surface area contributed by atoms with Crippen LogP contribution in [0.25, 0.3) is 0 Å². The van der Waals surface area contributed by atoms with Crippen molar-refractivity contribution in [1.82, 2.24) is 20.3 Å². The lowest BCUT2D eigenvalue weighted by Gasteiger charge is -2.09. The number of thioether (sulfide) groups is 1. The van der Waals surface area contributed by atoms with E-state index in [9.17, 15) is 4.79 Å². The number of aryl methyl sites for hydroxylation is 4. The van der Waals surface area contributed by atoms with Gasteiger partial charge in [-0.25, -0.2) is 0 Å². The molecule has 0 unspecified atom stereocenters. The van der Waals surface area contributed by atoms with Crippen molar-refractivity contribution in [3.63, 3.8) is 0 Å². The lowest BCUT2D eigenvalue weighted by molar-refractivity contribution is -0.118. The molecule has 148 valence electrons. The molecular weight excluding hydrogens is 372 g/mol. The van der Waals surface area contributed by atoms with Crippen LogP contribution in [0, 0.1) is 27.7 Å². The van der Waals surface area contributed by atoms with Crippen molar-refractivity contribution < 1.29 is 9.32 Å². The smallest absolute Gasteiger partial charge is 0.230 e. The normalized spacial score (nSPS) is 11.0. The lowest BCUT2D eigenvalue weighted by Crippen LogP contribution is -2.24. The Bertz CT molecular complexity index is 942. The predicted octanol–water partition coefficient (Wildman–Crippen LogP) is 3.70. The van der Waals surface area contributed by atoms with E-state index < -0.39 is 0 Å². The molecule has 2 heterocycles. The van der Waals surface area contributed by atoms with Crippen molar-refractivity contribution in [3.8, 4) is 0 Å². The molecule has 0 radical (unpaired) electrons. The summed E-state index contributed by atoms with van der Waals surface area (Å²) in [6.07, 6.45) is 0. The van der Waals surface area contributed by atoms with Crippen molar-refractivity contribution >= 4 is 17.7 Å². The summed E-state index contributed by atoms with van der Waals surface area (Å²) < 4.78 is 7.15. The summed E-state index contributed by atoms with van der Waals surface area (Å²) in [6.45, 7) is 9.13. The Morgan fingerprint density at radius 2 is 1.96 bits per heavy atom. The Kier molecular flexibility index (Phi) is 6.57. The van der Waals surface area contributed by atoms with Crippen LogP contribution >= 0.6 is 11.8 Å². The second-order valence-electron chi connectivity index (χ2n) is 6.98. The molecule has 0 saturated carbocycles. The highest BCUT2D eigenvalue weighted by Crippen LogP contribution is 2.19. The standard InChI is InChI=1S/C21H26N4O2S/c1-14-8-15(2)25(23-14)11-19-7-5-6-18(9-19)10-22-21(26)13-28-12-20-16(3)24-27-17(20)4/h5-9H,10-13H2,1-4H3,(H,22,26). The molecule has 6 nitrogen and oxygen atoms in total. The zero-order chi connectivity index (χ0) is 20.1. The molecule has 0 aliphatic heterocycles. The second-order valence-corrected chi connectivity index (χ2v) is 7.96. The Labute approximate surface area is 169 Å². The van der Waals surface area contributed by atoms with E-state index in [4.69, 9.17) is 4.52 Å². The number of nitrogens with zero attached hydrogens (tertiary/aromatic N) is 3. The molecule has 1 aromatic carbocycles. The molecule has 0 aliphatic carbocycles. The van der Waals surface area contributed by atoms with Gasteiger partial charge in [0.15, 0.2) is 0 Å². The minimum Gasteiger partial charge on any atom is -0.361 e.